The average Bonchev–Trinajstić information content (AvgIpc) is 1.27. The number of hydrogen-bond donors (Lipinski definition) is 1. The van der Waals surface area contributed by atoms with Gasteiger partial charge in [0.2, 0.25) is 0 Å². The van der Waals surface area contributed by atoms with Crippen LogP contribution in [0.2, 0.25) is 0 Å². The Balaban J connectivity index is 3.13. The summed E-state index contributed by atoms with van der Waals surface area (Å²) < 4.78 is 0. The molecule has 7 heavy (non-hydrogen) atoms. The summed E-state index contributed by atoms with van der Waals surface area (Å²) in [5.41, 5.74) is 4.69. The second kappa shape index (κ2) is 2.44. The highest BCUT2D eigenvalue weighted by atomic mass is 16.2. The predicted molar refractivity (Wildman–Crippen MR) is 26.9 cm³/mol. The SMILES string of the molecule is CC(C)[N]C(N)=O. The fourth-order valence-electron chi connectivity index (χ4n) is 0.254. The third kappa shape index (κ3) is 5.27. The van der Waals surface area contributed by atoms with E-state index in [1.165, 1.54) is 0 Å². The lowest BCUT2D eigenvalue weighted by molar-refractivity contribution is 0.246. The molecule has 0 rings (SSSR count). The topological polar surface area (TPSA) is 57.2 Å². The average molecular weight is 101 g/mol. The summed E-state index contributed by atoms with van der Waals surface area (Å²) in [6.45, 7) is 3.59. The van der Waals surface area contributed by atoms with Crippen LogP contribution in [0.5, 0.6) is 0 Å². The van der Waals surface area contributed by atoms with Gasteiger partial charge in [-0.1, -0.05) is 0 Å². The smallest absolute Gasteiger partial charge is 0.333 e. The number of nitrogens with two attached hydrogens (primary N) is 1. The highest BCUT2D eigenvalue weighted by Crippen LogP contribution is 1.75. The van der Waals surface area contributed by atoms with Gasteiger partial charge in [0.15, 0.2) is 0 Å². The van der Waals surface area contributed by atoms with Crippen LogP contribution in [-0.4, -0.2) is 12.1 Å². The number of rotatable bonds is 1. The molecular formula is C4H9N2O. The summed E-state index contributed by atoms with van der Waals surface area (Å²) in [6, 6.07) is -0.562. The third-order valence-corrected chi connectivity index (χ3v) is 0.385. The molecule has 0 saturated carbocycles. The van der Waals surface area contributed by atoms with Gasteiger partial charge in [0.25, 0.3) is 0 Å². The highest BCUT2D eigenvalue weighted by Gasteiger charge is 1.95. The lowest BCUT2D eigenvalue weighted by atomic mass is 10.4. The van der Waals surface area contributed by atoms with Crippen molar-refractivity contribution in [2.24, 2.45) is 5.73 Å². The minimum absolute atomic E-state index is 0.0255. The predicted octanol–water partition coefficient (Wildman–Crippen LogP) is 0.0779. The first-order chi connectivity index (χ1) is 3.13. The molecule has 0 unspecified atom stereocenters. The molecule has 3 heteroatoms. The maximum atomic E-state index is 9.87. The number of hydrogen-bond acceptors (Lipinski definition) is 1. The van der Waals surface area contributed by atoms with Gasteiger partial charge >= 0.3 is 6.03 Å². The molecule has 0 aromatic rings. The van der Waals surface area contributed by atoms with E-state index in [1.807, 2.05) is 0 Å². The van der Waals surface area contributed by atoms with E-state index in [9.17, 15) is 4.79 Å². The van der Waals surface area contributed by atoms with E-state index < -0.39 is 6.03 Å². The van der Waals surface area contributed by atoms with E-state index in [1.54, 1.807) is 13.8 Å². The van der Waals surface area contributed by atoms with Crippen molar-refractivity contribution in [1.29, 1.82) is 0 Å². The van der Waals surface area contributed by atoms with Crippen LogP contribution in [0.1, 0.15) is 13.8 Å². The highest BCUT2D eigenvalue weighted by molar-refractivity contribution is 5.71. The molecule has 1 radical (unpaired) electrons. The third-order valence-electron chi connectivity index (χ3n) is 0.385. The minimum atomic E-state index is -0.588. The Morgan fingerprint density at radius 1 is 1.71 bits per heavy atom. The molecule has 0 aromatic carbocycles. The molecule has 0 aliphatic heterocycles. The Morgan fingerprint density at radius 3 is 2.14 bits per heavy atom. The zero-order chi connectivity index (χ0) is 5.86. The van der Waals surface area contributed by atoms with Crippen molar-refractivity contribution in [1.82, 2.24) is 5.32 Å². The van der Waals surface area contributed by atoms with Crippen molar-refractivity contribution < 1.29 is 4.79 Å². The Bertz CT molecular complexity index is 70.1. The molecule has 2 amide bonds. The standard InChI is InChI=1S/C4H9N2O/c1-3(2)6-4(5)7/h3H,1-2H3,(H2,5,7). The fraction of sp³-hybridized carbons (Fsp3) is 0.750. The van der Waals surface area contributed by atoms with Crippen LogP contribution >= 0.6 is 0 Å². The largest absolute Gasteiger partial charge is 0.350 e. The fourth-order valence-corrected chi connectivity index (χ4v) is 0.254. The van der Waals surface area contributed by atoms with E-state index in [-0.39, 0.29) is 6.04 Å². The van der Waals surface area contributed by atoms with Crippen LogP contribution in [-0.2, 0) is 0 Å². The van der Waals surface area contributed by atoms with Gasteiger partial charge in [-0.25, -0.2) is 10.1 Å². The van der Waals surface area contributed by atoms with Crippen molar-refractivity contribution in [3.8, 4) is 0 Å². The molecular weight excluding hydrogens is 92.1 g/mol. The number of carbonyl (C=O) groups is 1. The molecule has 0 atom stereocenters. The molecule has 2 N–H and O–H groups in total. The number of primary amides is 1. The van der Waals surface area contributed by atoms with Crippen LogP contribution in [0, 0.1) is 0 Å². The second-order valence-electron chi connectivity index (χ2n) is 1.56. The Morgan fingerprint density at radius 2 is 2.14 bits per heavy atom. The Labute approximate surface area is 42.9 Å². The van der Waals surface area contributed by atoms with Gasteiger partial charge in [-0.15, -0.1) is 0 Å². The quantitative estimate of drug-likeness (QED) is 0.499. The maximum Gasteiger partial charge on any atom is 0.333 e. The van der Waals surface area contributed by atoms with Crippen LogP contribution in [0.3, 0.4) is 0 Å². The molecule has 0 bridgehead atoms. The summed E-state index contributed by atoms with van der Waals surface area (Å²) in [5, 5.41) is 3.42. The van der Waals surface area contributed by atoms with Crippen molar-refractivity contribution in [3.05, 3.63) is 0 Å². The molecule has 0 aliphatic carbocycles. The summed E-state index contributed by atoms with van der Waals surface area (Å²) in [4.78, 5) is 9.87. The zero-order valence-corrected chi connectivity index (χ0v) is 4.51. The van der Waals surface area contributed by atoms with Gasteiger partial charge in [-0.05, 0) is 13.8 Å². The van der Waals surface area contributed by atoms with Crippen molar-refractivity contribution in [2.75, 3.05) is 0 Å². The van der Waals surface area contributed by atoms with Crippen LogP contribution in [0.15, 0.2) is 0 Å². The van der Waals surface area contributed by atoms with Crippen LogP contribution < -0.4 is 11.1 Å². The van der Waals surface area contributed by atoms with E-state index >= 15 is 0 Å². The normalized spacial score (nSPS) is 9.00. The van der Waals surface area contributed by atoms with Crippen LogP contribution in [0.25, 0.3) is 0 Å². The summed E-state index contributed by atoms with van der Waals surface area (Å²) >= 11 is 0. The monoisotopic (exact) mass is 101 g/mol. The first-order valence-electron chi connectivity index (χ1n) is 2.13. The van der Waals surface area contributed by atoms with E-state index in [0.717, 1.165) is 0 Å². The Hall–Kier alpha value is -0.730. The van der Waals surface area contributed by atoms with Gasteiger partial charge < -0.3 is 5.73 Å². The number of urea groups is 1. The molecule has 0 fully saturated rings. The number of amides is 2. The van der Waals surface area contributed by atoms with Crippen molar-refractivity contribution in [3.63, 3.8) is 0 Å². The summed E-state index contributed by atoms with van der Waals surface area (Å²) in [6.07, 6.45) is 0. The first kappa shape index (κ1) is 6.27. The van der Waals surface area contributed by atoms with Crippen LogP contribution in [0.4, 0.5) is 4.79 Å². The Kier molecular flexibility index (Phi) is 2.19. The van der Waals surface area contributed by atoms with Gasteiger partial charge in [0.1, 0.15) is 0 Å². The summed E-state index contributed by atoms with van der Waals surface area (Å²) in [5.74, 6) is 0. The lowest BCUT2D eigenvalue weighted by Crippen LogP contribution is -2.27. The van der Waals surface area contributed by atoms with Crippen molar-refractivity contribution in [2.45, 2.75) is 19.9 Å². The maximum absolute atomic E-state index is 9.87. The van der Waals surface area contributed by atoms with E-state index in [2.05, 4.69) is 11.1 Å². The van der Waals surface area contributed by atoms with E-state index in [0.29, 0.717) is 0 Å². The molecule has 0 heterocycles. The van der Waals surface area contributed by atoms with Gasteiger partial charge in [-0.3, -0.25) is 0 Å². The van der Waals surface area contributed by atoms with Gasteiger partial charge in [0, 0.05) is 6.04 Å². The molecule has 0 aromatic heterocycles. The molecule has 0 saturated heterocycles. The minimum Gasteiger partial charge on any atom is -0.350 e. The molecule has 0 aliphatic rings. The lowest BCUT2D eigenvalue weighted by Gasteiger charge is -1.97. The zero-order valence-electron chi connectivity index (χ0n) is 4.51. The van der Waals surface area contributed by atoms with Gasteiger partial charge in [-0.2, -0.15) is 0 Å². The van der Waals surface area contributed by atoms with Gasteiger partial charge in [0.05, 0.1) is 0 Å². The molecule has 3 nitrogen and oxygen atoms in total. The first-order valence-corrected chi connectivity index (χ1v) is 2.13. The number of carbonyl (C=O) groups excluding carboxylic acids is 1. The van der Waals surface area contributed by atoms with Crippen molar-refractivity contribution >= 4 is 6.03 Å². The number of nitrogens with zero attached hydrogens (tertiary/aromatic N) is 1. The molecule has 0 spiro atoms. The summed E-state index contributed by atoms with van der Waals surface area (Å²) in [7, 11) is 0. The molecule has 41 valence electrons. The van der Waals surface area contributed by atoms with E-state index in [4.69, 9.17) is 0 Å². The second-order valence-corrected chi connectivity index (χ2v) is 1.56.